The highest BCUT2D eigenvalue weighted by Crippen LogP contribution is 2.27. The minimum atomic E-state index is -0.389. The van der Waals surface area contributed by atoms with E-state index in [4.69, 9.17) is 0 Å². The van der Waals surface area contributed by atoms with E-state index >= 15 is 0 Å². The first-order valence-corrected chi connectivity index (χ1v) is 7.22. The number of nitro benzene ring substituents is 1. The van der Waals surface area contributed by atoms with Crippen molar-refractivity contribution in [3.63, 3.8) is 0 Å². The molecule has 0 bridgehead atoms. The van der Waals surface area contributed by atoms with Gasteiger partial charge in [-0.1, -0.05) is 0 Å². The molecule has 5 nitrogen and oxygen atoms in total. The van der Waals surface area contributed by atoms with Gasteiger partial charge in [-0.25, -0.2) is 0 Å². The Morgan fingerprint density at radius 1 is 1.10 bits per heavy atom. The summed E-state index contributed by atoms with van der Waals surface area (Å²) in [6.45, 7) is 2.66. The lowest BCUT2D eigenvalue weighted by atomic mass is 10.2. The standard InChI is InChI=1S/C14H14IN3O2/c1-2-16-12-7-13(9-14(8-12)18(19)20)17-11-5-3-10(15)4-6-11/h3-9,16-17H,2H2,1H3. The van der Waals surface area contributed by atoms with Gasteiger partial charge in [-0.2, -0.15) is 0 Å². The van der Waals surface area contributed by atoms with Gasteiger partial charge in [0.25, 0.3) is 5.69 Å². The first-order chi connectivity index (χ1) is 9.58. The average Bonchev–Trinajstić information content (AvgIpc) is 2.41. The number of hydrogen-bond acceptors (Lipinski definition) is 4. The van der Waals surface area contributed by atoms with Crippen molar-refractivity contribution in [1.29, 1.82) is 0 Å². The van der Waals surface area contributed by atoms with Crippen LogP contribution < -0.4 is 10.6 Å². The molecule has 0 atom stereocenters. The predicted molar refractivity (Wildman–Crippen MR) is 89.7 cm³/mol. The van der Waals surface area contributed by atoms with Crippen molar-refractivity contribution in [1.82, 2.24) is 0 Å². The molecule has 0 radical (unpaired) electrons. The van der Waals surface area contributed by atoms with Crippen LogP contribution in [0, 0.1) is 13.7 Å². The number of rotatable bonds is 5. The van der Waals surface area contributed by atoms with Gasteiger partial charge in [-0.3, -0.25) is 10.1 Å². The molecule has 2 aromatic rings. The number of anilines is 3. The lowest BCUT2D eigenvalue weighted by molar-refractivity contribution is -0.384. The van der Waals surface area contributed by atoms with Crippen LogP contribution in [0.15, 0.2) is 42.5 Å². The van der Waals surface area contributed by atoms with Crippen molar-refractivity contribution in [3.05, 3.63) is 56.1 Å². The number of halogens is 1. The normalized spacial score (nSPS) is 10.1. The largest absolute Gasteiger partial charge is 0.385 e. The van der Waals surface area contributed by atoms with E-state index in [9.17, 15) is 10.1 Å². The third-order valence-corrected chi connectivity index (χ3v) is 3.36. The lowest BCUT2D eigenvalue weighted by Crippen LogP contribution is -2.00. The van der Waals surface area contributed by atoms with Crippen molar-refractivity contribution in [2.45, 2.75) is 6.92 Å². The Kier molecular flexibility index (Phi) is 4.78. The summed E-state index contributed by atoms with van der Waals surface area (Å²) in [6.07, 6.45) is 0. The van der Waals surface area contributed by atoms with Crippen LogP contribution in [0.2, 0.25) is 0 Å². The molecular weight excluding hydrogens is 369 g/mol. The Morgan fingerprint density at radius 3 is 2.35 bits per heavy atom. The fourth-order valence-electron chi connectivity index (χ4n) is 1.79. The minimum Gasteiger partial charge on any atom is -0.385 e. The molecule has 0 aliphatic heterocycles. The van der Waals surface area contributed by atoms with Crippen LogP contribution in [0.1, 0.15) is 6.92 Å². The van der Waals surface area contributed by atoms with Crippen LogP contribution in [-0.4, -0.2) is 11.5 Å². The highest BCUT2D eigenvalue weighted by molar-refractivity contribution is 14.1. The smallest absolute Gasteiger partial charge is 0.273 e. The molecule has 0 aromatic heterocycles. The molecule has 0 aliphatic carbocycles. The summed E-state index contributed by atoms with van der Waals surface area (Å²) >= 11 is 2.23. The molecule has 2 rings (SSSR count). The Balaban J connectivity index is 2.29. The number of benzene rings is 2. The molecule has 2 N–H and O–H groups in total. The molecule has 0 fully saturated rings. The third kappa shape index (κ3) is 3.83. The van der Waals surface area contributed by atoms with Gasteiger partial charge in [0.05, 0.1) is 4.92 Å². The van der Waals surface area contributed by atoms with E-state index in [0.29, 0.717) is 12.2 Å². The van der Waals surface area contributed by atoms with Crippen LogP contribution in [0.3, 0.4) is 0 Å². The minimum absolute atomic E-state index is 0.0662. The molecule has 6 heteroatoms. The summed E-state index contributed by atoms with van der Waals surface area (Å²) in [5.41, 5.74) is 2.39. The quantitative estimate of drug-likeness (QED) is 0.457. The average molecular weight is 383 g/mol. The summed E-state index contributed by atoms with van der Waals surface area (Å²) < 4.78 is 1.14. The van der Waals surface area contributed by atoms with Gasteiger partial charge in [-0.15, -0.1) is 0 Å². The second-order valence-electron chi connectivity index (χ2n) is 4.19. The number of nitrogens with one attached hydrogen (secondary N) is 2. The van der Waals surface area contributed by atoms with Crippen molar-refractivity contribution in [3.8, 4) is 0 Å². The van der Waals surface area contributed by atoms with E-state index in [2.05, 4.69) is 33.2 Å². The van der Waals surface area contributed by atoms with Crippen molar-refractivity contribution in [2.24, 2.45) is 0 Å². The second-order valence-corrected chi connectivity index (χ2v) is 5.43. The Labute approximate surface area is 130 Å². The molecule has 0 spiro atoms. The van der Waals surface area contributed by atoms with Crippen LogP contribution in [-0.2, 0) is 0 Å². The first kappa shape index (κ1) is 14.6. The van der Waals surface area contributed by atoms with E-state index in [-0.39, 0.29) is 10.6 Å². The molecule has 0 aliphatic rings. The molecule has 0 heterocycles. The molecule has 0 saturated carbocycles. The van der Waals surface area contributed by atoms with Crippen LogP contribution in [0.25, 0.3) is 0 Å². The Hall–Kier alpha value is -1.83. The van der Waals surface area contributed by atoms with Crippen LogP contribution >= 0.6 is 22.6 Å². The van der Waals surface area contributed by atoms with Crippen LogP contribution in [0.5, 0.6) is 0 Å². The number of nitrogens with zero attached hydrogens (tertiary/aromatic N) is 1. The maximum absolute atomic E-state index is 11.0. The van der Waals surface area contributed by atoms with Gasteiger partial charge in [-0.05, 0) is 59.8 Å². The SMILES string of the molecule is CCNc1cc(Nc2ccc(I)cc2)cc([N+](=O)[O-])c1. The third-order valence-electron chi connectivity index (χ3n) is 2.64. The fourth-order valence-corrected chi connectivity index (χ4v) is 2.15. The Morgan fingerprint density at radius 2 is 1.75 bits per heavy atom. The summed E-state index contributed by atoms with van der Waals surface area (Å²) in [5.74, 6) is 0. The van der Waals surface area contributed by atoms with E-state index in [1.54, 1.807) is 0 Å². The second kappa shape index (κ2) is 6.56. The van der Waals surface area contributed by atoms with Gasteiger partial charge in [0.15, 0.2) is 0 Å². The molecule has 104 valence electrons. The van der Waals surface area contributed by atoms with Gasteiger partial charge >= 0.3 is 0 Å². The van der Waals surface area contributed by atoms with Crippen molar-refractivity contribution >= 4 is 45.3 Å². The molecule has 0 unspecified atom stereocenters. The summed E-state index contributed by atoms with van der Waals surface area (Å²) in [6, 6.07) is 12.7. The first-order valence-electron chi connectivity index (χ1n) is 6.14. The summed E-state index contributed by atoms with van der Waals surface area (Å²) in [7, 11) is 0. The van der Waals surface area contributed by atoms with Gasteiger partial charge in [0, 0.05) is 39.3 Å². The molecule has 20 heavy (non-hydrogen) atoms. The zero-order valence-corrected chi connectivity index (χ0v) is 13.0. The topological polar surface area (TPSA) is 67.2 Å². The highest BCUT2D eigenvalue weighted by Gasteiger charge is 2.09. The number of nitro groups is 1. The predicted octanol–water partition coefficient (Wildman–Crippen LogP) is 4.37. The highest BCUT2D eigenvalue weighted by atomic mass is 127. The lowest BCUT2D eigenvalue weighted by Gasteiger charge is -2.09. The maximum atomic E-state index is 11.0. The molecule has 0 saturated heterocycles. The summed E-state index contributed by atoms with van der Waals surface area (Å²) in [4.78, 5) is 10.6. The van der Waals surface area contributed by atoms with Crippen molar-refractivity contribution < 1.29 is 4.92 Å². The monoisotopic (exact) mass is 383 g/mol. The van der Waals surface area contributed by atoms with Gasteiger partial charge < -0.3 is 10.6 Å². The summed E-state index contributed by atoms with van der Waals surface area (Å²) in [5, 5.41) is 17.2. The molecule has 2 aromatic carbocycles. The van der Waals surface area contributed by atoms with E-state index in [1.165, 1.54) is 12.1 Å². The van der Waals surface area contributed by atoms with Gasteiger partial charge in [0.1, 0.15) is 0 Å². The van der Waals surface area contributed by atoms with E-state index < -0.39 is 0 Å². The Bertz CT molecular complexity index is 614. The maximum Gasteiger partial charge on any atom is 0.273 e. The zero-order chi connectivity index (χ0) is 14.5. The molecule has 0 amide bonds. The molecular formula is C14H14IN3O2. The fraction of sp³-hybridized carbons (Fsp3) is 0.143. The number of non-ortho nitro benzene ring substituents is 1. The number of hydrogen-bond donors (Lipinski definition) is 2. The van der Waals surface area contributed by atoms with Crippen LogP contribution in [0.4, 0.5) is 22.7 Å². The van der Waals surface area contributed by atoms with Gasteiger partial charge in [0.2, 0.25) is 0 Å². The zero-order valence-electron chi connectivity index (χ0n) is 10.9. The van der Waals surface area contributed by atoms with Crippen molar-refractivity contribution in [2.75, 3.05) is 17.2 Å². The van der Waals surface area contributed by atoms with E-state index in [0.717, 1.165) is 14.9 Å². The van der Waals surface area contributed by atoms with E-state index in [1.807, 2.05) is 37.3 Å².